The number of hydrogen-bond acceptors (Lipinski definition) is 7. The summed E-state index contributed by atoms with van der Waals surface area (Å²) in [5.41, 5.74) is 7.24. The molecule has 5 heterocycles. The summed E-state index contributed by atoms with van der Waals surface area (Å²) in [7, 11) is 5.85. The van der Waals surface area contributed by atoms with Gasteiger partial charge in [0.05, 0.1) is 24.0 Å². The molecular weight excluding hydrogens is 497 g/mol. The summed E-state index contributed by atoms with van der Waals surface area (Å²) in [6, 6.07) is 3.17. The highest BCUT2D eigenvalue weighted by atomic mass is 31.0. The molecule has 4 aromatic heterocycles. The van der Waals surface area contributed by atoms with Crippen LogP contribution in [0.5, 0.6) is 0 Å². The van der Waals surface area contributed by atoms with Gasteiger partial charge in [-0.15, -0.1) is 5.10 Å². The Labute approximate surface area is 207 Å². The van der Waals surface area contributed by atoms with Crippen LogP contribution in [0.15, 0.2) is 18.3 Å². The molecule has 1 aliphatic rings. The molecule has 0 aliphatic carbocycles. The molecular formula is C22H28F4N9P. The van der Waals surface area contributed by atoms with Crippen molar-refractivity contribution in [3.8, 4) is 11.3 Å². The highest BCUT2D eigenvalue weighted by molar-refractivity contribution is 7.18. The molecule has 9 nitrogen and oxygen atoms in total. The van der Waals surface area contributed by atoms with Gasteiger partial charge in [0.2, 0.25) is 5.95 Å². The number of alkyl halides is 3. The number of nitrogens with zero attached hydrogens (tertiary/aromatic N) is 7. The predicted octanol–water partition coefficient (Wildman–Crippen LogP) is 3.73. The minimum Gasteiger partial charge on any atom is -0.382 e. The molecule has 36 heavy (non-hydrogen) atoms. The number of likely N-dealkylation sites (tertiary alicyclic amines) is 1. The molecule has 1 aliphatic heterocycles. The van der Waals surface area contributed by atoms with E-state index in [0.29, 0.717) is 24.3 Å². The van der Waals surface area contributed by atoms with Gasteiger partial charge in [-0.2, -0.15) is 4.98 Å². The minimum atomic E-state index is -2.57. The monoisotopic (exact) mass is 525 g/mol. The number of nitrogen functional groups attached to an aromatic ring is 1. The normalized spacial score (nSPS) is 18.6. The maximum atomic E-state index is 14.7. The van der Waals surface area contributed by atoms with Crippen molar-refractivity contribution in [1.29, 1.82) is 0 Å². The Bertz CT molecular complexity index is 1390. The van der Waals surface area contributed by atoms with E-state index in [4.69, 9.17) is 5.73 Å². The van der Waals surface area contributed by atoms with Crippen LogP contribution in [0.4, 0.5) is 29.3 Å². The van der Waals surface area contributed by atoms with Crippen molar-refractivity contribution in [1.82, 2.24) is 34.0 Å². The number of fused-ring (bicyclic) bond motifs is 2. The van der Waals surface area contributed by atoms with Crippen LogP contribution in [0.3, 0.4) is 0 Å². The van der Waals surface area contributed by atoms with Gasteiger partial charge in [-0.3, -0.25) is 0 Å². The number of aromatic nitrogens is 6. The average molecular weight is 525 g/mol. The van der Waals surface area contributed by atoms with E-state index in [9.17, 15) is 17.6 Å². The zero-order valence-electron chi connectivity index (χ0n) is 20.1. The van der Waals surface area contributed by atoms with Crippen LogP contribution in [0.2, 0.25) is 0 Å². The smallest absolute Gasteiger partial charge is 0.256 e. The van der Waals surface area contributed by atoms with Gasteiger partial charge < -0.3 is 20.5 Å². The first kappa shape index (κ1) is 26.0. The number of halogens is 4. The van der Waals surface area contributed by atoms with Crippen LogP contribution in [0, 0.1) is 12.7 Å². The van der Waals surface area contributed by atoms with E-state index in [2.05, 4.69) is 34.6 Å². The molecule has 0 radical (unpaired) electrons. The third kappa shape index (κ3) is 5.36. The highest BCUT2D eigenvalue weighted by Gasteiger charge is 2.28. The number of nitrogens with two attached hydrogens (primary N) is 1. The molecule has 5 rings (SSSR count). The molecule has 0 amide bonds. The Morgan fingerprint density at radius 1 is 1.25 bits per heavy atom. The lowest BCUT2D eigenvalue weighted by Gasteiger charge is -2.31. The number of rotatable bonds is 4. The SMILES string of the molecule is CN1CCCC(F)(P)C1.CNc1nc(N)c2c(-c3ccc4nc(C)n(CC(F)F)c4n3)c(F)cn2n1. The molecule has 1 saturated heterocycles. The Morgan fingerprint density at radius 2 is 2.00 bits per heavy atom. The largest absolute Gasteiger partial charge is 0.382 e. The van der Waals surface area contributed by atoms with Crippen molar-refractivity contribution < 1.29 is 17.6 Å². The molecule has 0 spiro atoms. The first-order valence-corrected chi connectivity index (χ1v) is 11.9. The summed E-state index contributed by atoms with van der Waals surface area (Å²) in [6.07, 6.45) is 0.276. The number of piperidine rings is 1. The van der Waals surface area contributed by atoms with Crippen molar-refractivity contribution in [3.05, 3.63) is 30.0 Å². The molecule has 0 aromatic carbocycles. The van der Waals surface area contributed by atoms with Crippen LogP contribution in [0.1, 0.15) is 18.7 Å². The van der Waals surface area contributed by atoms with Crippen molar-refractivity contribution >= 4 is 37.7 Å². The maximum absolute atomic E-state index is 14.7. The number of imidazole rings is 1. The summed E-state index contributed by atoms with van der Waals surface area (Å²) >= 11 is 0. The lowest BCUT2D eigenvalue weighted by molar-refractivity contribution is 0.127. The standard InChI is InChI=1S/C16H15F3N8.C6H13FNP/c1-7-22-10-4-3-9(23-15(10)26(7)6-11(18)19)12-8(17)5-27-13(12)14(20)24-16(21-2)25-27;1-8-4-2-3-6(7,9)5-8/h3-5,11H,6H2,1-2H3,(H3,20,21,24,25);2-5,9H2,1H3. The number of aryl methyl sites for hydroxylation is 1. The average Bonchev–Trinajstić information content (AvgIpc) is 3.28. The van der Waals surface area contributed by atoms with Gasteiger partial charge in [0.1, 0.15) is 22.3 Å². The van der Waals surface area contributed by atoms with E-state index in [1.807, 2.05) is 11.9 Å². The quantitative estimate of drug-likeness (QED) is 0.309. The first-order valence-electron chi connectivity index (χ1n) is 11.3. The topological polar surface area (TPSA) is 102 Å². The Hall–Kier alpha value is -3.05. The molecule has 1 fully saturated rings. The second-order valence-electron chi connectivity index (χ2n) is 8.79. The molecule has 14 heteroatoms. The summed E-state index contributed by atoms with van der Waals surface area (Å²) in [5, 5.41) is 5.85. The minimum absolute atomic E-state index is 0.0624. The van der Waals surface area contributed by atoms with E-state index in [-0.39, 0.29) is 34.2 Å². The lowest BCUT2D eigenvalue weighted by atomic mass is 10.1. The van der Waals surface area contributed by atoms with Crippen LogP contribution < -0.4 is 11.1 Å². The number of nitrogens with one attached hydrogen (secondary N) is 1. The van der Waals surface area contributed by atoms with Gasteiger partial charge in [0.15, 0.2) is 17.3 Å². The molecule has 3 N–H and O–H groups in total. The van der Waals surface area contributed by atoms with E-state index in [1.165, 1.54) is 9.08 Å². The third-order valence-electron chi connectivity index (χ3n) is 5.86. The van der Waals surface area contributed by atoms with Gasteiger partial charge >= 0.3 is 0 Å². The maximum Gasteiger partial charge on any atom is 0.256 e. The fourth-order valence-electron chi connectivity index (χ4n) is 4.29. The molecule has 2 unspecified atom stereocenters. The Morgan fingerprint density at radius 3 is 2.61 bits per heavy atom. The number of pyridine rings is 1. The van der Waals surface area contributed by atoms with Crippen molar-refractivity contribution in [2.75, 3.05) is 38.2 Å². The van der Waals surface area contributed by atoms with Crippen LogP contribution in [0.25, 0.3) is 27.9 Å². The fourth-order valence-corrected chi connectivity index (χ4v) is 4.81. The molecule has 2 atom stereocenters. The first-order chi connectivity index (χ1) is 17.0. The second-order valence-corrected chi connectivity index (χ2v) is 9.83. The second kappa shape index (κ2) is 10.1. The van der Waals surface area contributed by atoms with Crippen LogP contribution >= 0.6 is 9.24 Å². The third-order valence-corrected chi connectivity index (χ3v) is 6.33. The van der Waals surface area contributed by atoms with Crippen molar-refractivity contribution in [2.24, 2.45) is 0 Å². The number of hydrogen-bond donors (Lipinski definition) is 2. The lowest BCUT2D eigenvalue weighted by Crippen LogP contribution is -2.38. The van der Waals surface area contributed by atoms with E-state index in [1.54, 1.807) is 26.1 Å². The summed E-state index contributed by atoms with van der Waals surface area (Å²) in [5.74, 6) is 0.0921. The molecule has 194 valence electrons. The fraction of sp³-hybridized carbons (Fsp3) is 0.455. The van der Waals surface area contributed by atoms with Gasteiger partial charge in [-0.05, 0) is 45.5 Å². The molecule has 0 bridgehead atoms. The predicted molar refractivity (Wildman–Crippen MR) is 134 cm³/mol. The summed E-state index contributed by atoms with van der Waals surface area (Å²) in [6.45, 7) is 2.68. The Balaban J connectivity index is 0.000000286. The number of anilines is 2. The van der Waals surface area contributed by atoms with Gasteiger partial charge in [-0.1, -0.05) is 9.24 Å². The van der Waals surface area contributed by atoms with Gasteiger partial charge in [0, 0.05) is 13.6 Å². The Kier molecular flexibility index (Phi) is 7.33. The summed E-state index contributed by atoms with van der Waals surface area (Å²) in [4.78, 5) is 14.7. The van der Waals surface area contributed by atoms with Crippen molar-refractivity contribution in [2.45, 2.75) is 38.1 Å². The highest BCUT2D eigenvalue weighted by Crippen LogP contribution is 2.32. The van der Waals surface area contributed by atoms with Crippen LogP contribution in [-0.2, 0) is 6.54 Å². The zero-order chi connectivity index (χ0) is 26.2. The van der Waals surface area contributed by atoms with Crippen LogP contribution in [-0.4, -0.2) is 73.1 Å². The molecule has 4 aromatic rings. The van der Waals surface area contributed by atoms with E-state index in [0.717, 1.165) is 19.2 Å². The van der Waals surface area contributed by atoms with Gasteiger partial charge in [-0.25, -0.2) is 32.0 Å². The van der Waals surface area contributed by atoms with E-state index >= 15 is 0 Å². The molecule has 0 saturated carbocycles. The summed E-state index contributed by atoms with van der Waals surface area (Å²) < 4.78 is 56.1. The van der Waals surface area contributed by atoms with Crippen molar-refractivity contribution in [3.63, 3.8) is 0 Å². The zero-order valence-corrected chi connectivity index (χ0v) is 21.3. The van der Waals surface area contributed by atoms with Gasteiger partial charge in [0.25, 0.3) is 6.43 Å². The van der Waals surface area contributed by atoms with E-state index < -0.39 is 24.2 Å².